The molecule has 4 nitrogen and oxygen atoms in total. The largest absolute Gasteiger partial charge is 0.243 e. The van der Waals surface area contributed by atoms with Gasteiger partial charge in [-0.15, -0.1) is 0 Å². The third-order valence-electron chi connectivity index (χ3n) is 3.78. The molecule has 2 aromatic carbocycles. The Labute approximate surface area is 134 Å². The van der Waals surface area contributed by atoms with Crippen molar-refractivity contribution in [3.8, 4) is 6.07 Å². The first kappa shape index (κ1) is 15.7. The van der Waals surface area contributed by atoms with Crippen LogP contribution in [0.15, 0.2) is 53.4 Å². The lowest BCUT2D eigenvalue weighted by Gasteiger charge is -2.22. The van der Waals surface area contributed by atoms with Gasteiger partial charge in [-0.3, -0.25) is 0 Å². The maximum Gasteiger partial charge on any atom is 0.243 e. The molecule has 0 unspecified atom stereocenters. The van der Waals surface area contributed by atoms with Gasteiger partial charge >= 0.3 is 0 Å². The molecule has 0 aromatic heterocycles. The van der Waals surface area contributed by atoms with Crippen molar-refractivity contribution in [3.05, 3.63) is 65.5 Å². The summed E-state index contributed by atoms with van der Waals surface area (Å²) < 4.78 is 40.2. The average Bonchev–Trinajstić information content (AvgIpc) is 3.39. The Morgan fingerprint density at radius 3 is 2.48 bits per heavy atom. The van der Waals surface area contributed by atoms with E-state index in [-0.39, 0.29) is 23.3 Å². The standard InChI is InChI=1S/C17H15FN2O2S/c18-15-6-4-13(5-7-15)12-20(16-8-9-16)23(21,22)17-3-1-2-14(10-17)11-19/h1-7,10,16H,8-9,12H2. The molecule has 0 N–H and O–H groups in total. The van der Waals surface area contributed by atoms with Crippen LogP contribution in [0, 0.1) is 17.1 Å². The highest BCUT2D eigenvalue weighted by Crippen LogP contribution is 2.33. The average molecular weight is 330 g/mol. The summed E-state index contributed by atoms with van der Waals surface area (Å²) in [4.78, 5) is 0.116. The summed E-state index contributed by atoms with van der Waals surface area (Å²) in [7, 11) is -3.69. The van der Waals surface area contributed by atoms with Gasteiger partial charge < -0.3 is 0 Å². The molecular weight excluding hydrogens is 315 g/mol. The van der Waals surface area contributed by atoms with Gasteiger partial charge in [0.1, 0.15) is 5.82 Å². The van der Waals surface area contributed by atoms with E-state index >= 15 is 0 Å². The number of hydrogen-bond acceptors (Lipinski definition) is 3. The minimum atomic E-state index is -3.69. The van der Waals surface area contributed by atoms with Gasteiger partial charge in [-0.2, -0.15) is 9.57 Å². The molecule has 0 heterocycles. The molecule has 0 aliphatic heterocycles. The van der Waals surface area contributed by atoms with E-state index in [1.165, 1.54) is 28.6 Å². The minimum Gasteiger partial charge on any atom is -0.207 e. The van der Waals surface area contributed by atoms with Crippen molar-refractivity contribution in [3.63, 3.8) is 0 Å². The molecular formula is C17H15FN2O2S. The molecule has 118 valence electrons. The van der Waals surface area contributed by atoms with Crippen LogP contribution >= 0.6 is 0 Å². The van der Waals surface area contributed by atoms with Crippen LogP contribution in [0.5, 0.6) is 0 Å². The maximum absolute atomic E-state index is 13.0. The molecule has 0 radical (unpaired) electrons. The van der Waals surface area contributed by atoms with E-state index in [1.807, 2.05) is 6.07 Å². The number of nitriles is 1. The summed E-state index contributed by atoms with van der Waals surface area (Å²) >= 11 is 0. The van der Waals surface area contributed by atoms with Crippen molar-refractivity contribution in [2.75, 3.05) is 0 Å². The molecule has 1 saturated carbocycles. The SMILES string of the molecule is N#Cc1cccc(S(=O)(=O)N(Cc2ccc(F)cc2)C2CC2)c1. The summed E-state index contributed by atoms with van der Waals surface area (Å²) in [5, 5.41) is 8.96. The fraction of sp³-hybridized carbons (Fsp3) is 0.235. The second kappa shape index (κ2) is 6.11. The number of nitrogens with zero attached hydrogens (tertiary/aromatic N) is 2. The number of rotatable bonds is 5. The first-order chi connectivity index (χ1) is 11.0. The van der Waals surface area contributed by atoms with Gasteiger partial charge in [0.05, 0.1) is 16.5 Å². The van der Waals surface area contributed by atoms with E-state index in [4.69, 9.17) is 5.26 Å². The predicted octanol–water partition coefficient (Wildman–Crippen LogP) is 3.05. The van der Waals surface area contributed by atoms with Crippen LogP contribution < -0.4 is 0 Å². The highest BCUT2D eigenvalue weighted by molar-refractivity contribution is 7.89. The van der Waals surface area contributed by atoms with Crippen LogP contribution in [0.4, 0.5) is 4.39 Å². The quantitative estimate of drug-likeness (QED) is 0.846. The van der Waals surface area contributed by atoms with E-state index in [9.17, 15) is 12.8 Å². The summed E-state index contributed by atoms with van der Waals surface area (Å²) in [6.45, 7) is 0.198. The Hall–Kier alpha value is -2.23. The first-order valence-electron chi connectivity index (χ1n) is 7.27. The highest BCUT2D eigenvalue weighted by Gasteiger charge is 2.38. The Bertz CT molecular complexity index is 853. The van der Waals surface area contributed by atoms with Crippen molar-refractivity contribution >= 4 is 10.0 Å². The van der Waals surface area contributed by atoms with E-state index in [0.717, 1.165) is 18.4 Å². The summed E-state index contributed by atoms with van der Waals surface area (Å²) in [6, 6.07) is 13.8. The molecule has 0 bridgehead atoms. The fourth-order valence-electron chi connectivity index (χ4n) is 2.40. The van der Waals surface area contributed by atoms with Gasteiger partial charge in [-0.25, -0.2) is 12.8 Å². The molecule has 6 heteroatoms. The van der Waals surface area contributed by atoms with Gasteiger partial charge in [0, 0.05) is 12.6 Å². The number of halogens is 1. The van der Waals surface area contributed by atoms with Crippen LogP contribution in [-0.2, 0) is 16.6 Å². The smallest absolute Gasteiger partial charge is 0.207 e. The molecule has 1 fully saturated rings. The van der Waals surface area contributed by atoms with Crippen LogP contribution in [0.25, 0.3) is 0 Å². The highest BCUT2D eigenvalue weighted by atomic mass is 32.2. The molecule has 0 atom stereocenters. The Kier molecular flexibility index (Phi) is 4.16. The van der Waals surface area contributed by atoms with Crippen molar-refractivity contribution in [2.24, 2.45) is 0 Å². The van der Waals surface area contributed by atoms with Crippen LogP contribution in [0.1, 0.15) is 24.0 Å². The Morgan fingerprint density at radius 2 is 1.87 bits per heavy atom. The van der Waals surface area contributed by atoms with Gasteiger partial charge in [0.15, 0.2) is 0 Å². The van der Waals surface area contributed by atoms with Crippen LogP contribution in [-0.4, -0.2) is 18.8 Å². The Balaban J connectivity index is 1.93. The van der Waals surface area contributed by atoms with E-state index in [2.05, 4.69) is 0 Å². The summed E-state index contributed by atoms with van der Waals surface area (Å²) in [5.41, 5.74) is 1.04. The summed E-state index contributed by atoms with van der Waals surface area (Å²) in [6.07, 6.45) is 1.64. The number of benzene rings is 2. The predicted molar refractivity (Wildman–Crippen MR) is 83.3 cm³/mol. The monoisotopic (exact) mass is 330 g/mol. The van der Waals surface area contributed by atoms with Gasteiger partial charge in [0.2, 0.25) is 10.0 Å². The lowest BCUT2D eigenvalue weighted by molar-refractivity contribution is 0.398. The molecule has 0 saturated heterocycles. The minimum absolute atomic E-state index is 0.0317. The molecule has 1 aliphatic rings. The lowest BCUT2D eigenvalue weighted by Crippen LogP contribution is -2.32. The zero-order chi connectivity index (χ0) is 16.4. The summed E-state index contributed by atoms with van der Waals surface area (Å²) in [5.74, 6) is -0.351. The molecule has 0 spiro atoms. The zero-order valence-electron chi connectivity index (χ0n) is 12.3. The number of hydrogen-bond donors (Lipinski definition) is 0. The van der Waals surface area contributed by atoms with Crippen molar-refractivity contribution in [1.82, 2.24) is 4.31 Å². The van der Waals surface area contributed by atoms with Crippen LogP contribution in [0.3, 0.4) is 0 Å². The second-order valence-electron chi connectivity index (χ2n) is 5.55. The third kappa shape index (κ3) is 3.41. The van der Waals surface area contributed by atoms with Crippen LogP contribution in [0.2, 0.25) is 0 Å². The van der Waals surface area contributed by atoms with Gasteiger partial charge in [-0.05, 0) is 48.7 Å². The van der Waals surface area contributed by atoms with Crippen molar-refractivity contribution in [1.29, 1.82) is 5.26 Å². The van der Waals surface area contributed by atoms with E-state index in [1.54, 1.807) is 24.3 Å². The fourth-order valence-corrected chi connectivity index (χ4v) is 4.12. The molecule has 2 aromatic rings. The topological polar surface area (TPSA) is 61.2 Å². The molecule has 23 heavy (non-hydrogen) atoms. The zero-order valence-corrected chi connectivity index (χ0v) is 13.1. The van der Waals surface area contributed by atoms with E-state index in [0.29, 0.717) is 5.56 Å². The molecule has 0 amide bonds. The maximum atomic E-state index is 13.0. The van der Waals surface area contributed by atoms with Gasteiger partial charge in [-0.1, -0.05) is 18.2 Å². The molecule has 1 aliphatic carbocycles. The lowest BCUT2D eigenvalue weighted by atomic mass is 10.2. The first-order valence-corrected chi connectivity index (χ1v) is 8.71. The van der Waals surface area contributed by atoms with Crippen molar-refractivity contribution < 1.29 is 12.8 Å². The van der Waals surface area contributed by atoms with Crippen molar-refractivity contribution in [2.45, 2.75) is 30.3 Å². The molecule has 3 rings (SSSR count). The normalized spacial score (nSPS) is 14.7. The van der Waals surface area contributed by atoms with E-state index < -0.39 is 10.0 Å². The van der Waals surface area contributed by atoms with Gasteiger partial charge in [0.25, 0.3) is 0 Å². The third-order valence-corrected chi connectivity index (χ3v) is 5.67. The Morgan fingerprint density at radius 1 is 1.17 bits per heavy atom. The number of sulfonamides is 1. The second-order valence-corrected chi connectivity index (χ2v) is 7.44.